The molecule has 2 aromatic carbocycles. The molecule has 0 aliphatic carbocycles. The molecule has 0 heterocycles. The van der Waals surface area contributed by atoms with Crippen LogP contribution in [-0.4, -0.2) is 21.7 Å². The van der Waals surface area contributed by atoms with Crippen molar-refractivity contribution in [3.8, 4) is 0 Å². The van der Waals surface area contributed by atoms with Gasteiger partial charge in [0.25, 0.3) is 0 Å². The van der Waals surface area contributed by atoms with E-state index in [2.05, 4.69) is 70.6 Å². The van der Waals surface area contributed by atoms with Crippen molar-refractivity contribution in [3.05, 3.63) is 60.7 Å². The number of hydrogen-bond acceptors (Lipinski definition) is 1. The number of rotatable bonds is 5. The third-order valence-corrected chi connectivity index (χ3v) is 8.49. The van der Waals surface area contributed by atoms with Gasteiger partial charge in [-0.2, -0.15) is 0 Å². The first-order chi connectivity index (χ1) is 8.77. The van der Waals surface area contributed by atoms with E-state index in [0.29, 0.717) is 0 Å². The molecule has 0 amide bonds. The summed E-state index contributed by atoms with van der Waals surface area (Å²) in [6.45, 7) is 2.92. The van der Waals surface area contributed by atoms with Gasteiger partial charge in [0.05, 0.1) is 0 Å². The molecule has 0 N–H and O–H groups in total. The Morgan fingerprint density at radius 3 is 1.72 bits per heavy atom. The van der Waals surface area contributed by atoms with Crippen molar-refractivity contribution >= 4 is 31.4 Å². The Hall–Kier alpha value is -0.651. The van der Waals surface area contributed by atoms with E-state index in [4.69, 9.17) is 4.52 Å². The van der Waals surface area contributed by atoms with Crippen LogP contribution in [0, 0.1) is 0 Å². The Labute approximate surface area is 116 Å². The molecule has 0 saturated carbocycles. The van der Waals surface area contributed by atoms with Gasteiger partial charge in [0.15, 0.2) is 0 Å². The Bertz CT molecular complexity index is 481. The summed E-state index contributed by atoms with van der Waals surface area (Å²) in [7, 11) is 0. The molecule has 0 saturated heterocycles. The van der Waals surface area contributed by atoms with Crippen molar-refractivity contribution in [2.45, 2.75) is 13.3 Å². The van der Waals surface area contributed by atoms with E-state index in [9.17, 15) is 0 Å². The van der Waals surface area contributed by atoms with Gasteiger partial charge in [0.2, 0.25) is 0 Å². The van der Waals surface area contributed by atoms with Crippen LogP contribution >= 0.6 is 5.74 Å². The van der Waals surface area contributed by atoms with Crippen molar-refractivity contribution in [2.24, 2.45) is 0 Å². The predicted molar refractivity (Wildman–Crippen MR) is 81.1 cm³/mol. The zero-order valence-corrected chi connectivity index (χ0v) is 13.1. The Morgan fingerprint density at radius 1 is 0.889 bits per heavy atom. The summed E-state index contributed by atoms with van der Waals surface area (Å²) < 4.78 is 6.21. The average Bonchev–Trinajstić information content (AvgIpc) is 2.46. The third-order valence-electron chi connectivity index (χ3n) is 2.67. The van der Waals surface area contributed by atoms with E-state index in [-0.39, 0.29) is 0 Å². The summed E-state index contributed by atoms with van der Waals surface area (Å²) in [5.74, 6) is 0. The Balaban J connectivity index is 2.45. The fraction of sp³-hybridized carbons (Fsp3) is 0.200. The van der Waals surface area contributed by atoms with Gasteiger partial charge in [-0.15, -0.1) is 0 Å². The second-order valence-corrected chi connectivity index (χ2v) is 9.69. The van der Waals surface area contributed by atoms with E-state index in [1.807, 2.05) is 12.1 Å². The predicted octanol–water partition coefficient (Wildman–Crippen LogP) is 3.08. The van der Waals surface area contributed by atoms with Gasteiger partial charge in [-0.1, -0.05) is 0 Å². The van der Waals surface area contributed by atoms with E-state index in [1.54, 1.807) is 0 Å². The molecule has 0 aromatic heterocycles. The van der Waals surface area contributed by atoms with Gasteiger partial charge in [0, 0.05) is 0 Å². The topological polar surface area (TPSA) is 9.23 Å². The van der Waals surface area contributed by atoms with E-state index >= 15 is 0 Å². The minimum atomic E-state index is -1.82. The third kappa shape index (κ3) is 3.02. The molecule has 1 nitrogen and oxygen atoms in total. The van der Waals surface area contributed by atoms with Crippen LogP contribution in [0.4, 0.5) is 0 Å². The molecule has 0 radical (unpaired) electrons. The zero-order valence-electron chi connectivity index (χ0n) is 10.5. The molecule has 0 aliphatic heterocycles. The van der Waals surface area contributed by atoms with Crippen LogP contribution in [0.5, 0.6) is 0 Å². The molecule has 0 spiro atoms. The van der Waals surface area contributed by atoms with Crippen LogP contribution in [0.3, 0.4) is 0 Å². The molecule has 0 bridgehead atoms. The first-order valence-electron chi connectivity index (χ1n) is 6.13. The standard InChI is InChI=1S/C15H17OPSe/c1-2-13-16-17(18,14-9-5-3-6-10-14)15-11-7-4-8-12-15/h3-12H,2,13H2,1H3. The quantitative estimate of drug-likeness (QED) is 0.607. The van der Waals surface area contributed by atoms with Crippen molar-refractivity contribution in [2.75, 3.05) is 6.61 Å². The van der Waals surface area contributed by atoms with Crippen LogP contribution in [0.1, 0.15) is 13.3 Å². The summed E-state index contributed by atoms with van der Waals surface area (Å²) in [4.78, 5) is 0. The van der Waals surface area contributed by atoms with Gasteiger partial charge < -0.3 is 0 Å². The van der Waals surface area contributed by atoms with Crippen LogP contribution in [0.25, 0.3) is 0 Å². The Kier molecular flexibility index (Phi) is 4.97. The minimum absolute atomic E-state index is 0.782. The molecular formula is C15H17OPSe. The molecule has 0 unspecified atom stereocenters. The molecule has 0 aliphatic rings. The summed E-state index contributed by atoms with van der Waals surface area (Å²) in [5, 5.41) is 2.51. The van der Waals surface area contributed by atoms with Gasteiger partial charge in [-0.3, -0.25) is 0 Å². The summed E-state index contributed by atoms with van der Waals surface area (Å²) in [6, 6.07) is 20.9. The van der Waals surface area contributed by atoms with Crippen molar-refractivity contribution in [1.82, 2.24) is 0 Å². The normalized spacial score (nSPS) is 11.4. The maximum absolute atomic E-state index is 6.21. The fourth-order valence-electron chi connectivity index (χ4n) is 1.77. The monoisotopic (exact) mass is 324 g/mol. The molecule has 2 aromatic rings. The van der Waals surface area contributed by atoms with Gasteiger partial charge in [0.1, 0.15) is 0 Å². The Morgan fingerprint density at radius 2 is 1.33 bits per heavy atom. The van der Waals surface area contributed by atoms with Crippen LogP contribution in [0.15, 0.2) is 60.7 Å². The second-order valence-electron chi connectivity index (χ2n) is 4.06. The van der Waals surface area contributed by atoms with Crippen molar-refractivity contribution in [1.29, 1.82) is 0 Å². The van der Waals surface area contributed by atoms with Crippen LogP contribution in [-0.2, 0) is 4.52 Å². The first-order valence-corrected chi connectivity index (χ1v) is 10.1. The van der Waals surface area contributed by atoms with Gasteiger partial charge >= 0.3 is 117 Å². The maximum atomic E-state index is 6.21. The van der Waals surface area contributed by atoms with E-state index < -0.39 is 5.74 Å². The number of benzene rings is 2. The van der Waals surface area contributed by atoms with Crippen LogP contribution in [0.2, 0.25) is 0 Å². The molecule has 0 fully saturated rings. The molecule has 3 heteroatoms. The molecule has 2 rings (SSSR count). The van der Waals surface area contributed by atoms with E-state index in [1.165, 1.54) is 10.6 Å². The fourth-order valence-corrected chi connectivity index (χ4v) is 5.93. The second kappa shape index (κ2) is 6.50. The molecule has 0 atom stereocenters. The zero-order chi connectivity index (χ0) is 12.8. The van der Waals surface area contributed by atoms with Crippen molar-refractivity contribution < 1.29 is 4.52 Å². The van der Waals surface area contributed by atoms with Gasteiger partial charge in [-0.25, -0.2) is 0 Å². The molecule has 18 heavy (non-hydrogen) atoms. The summed E-state index contributed by atoms with van der Waals surface area (Å²) >= 11 is 3.35. The van der Waals surface area contributed by atoms with E-state index in [0.717, 1.165) is 13.0 Å². The summed E-state index contributed by atoms with van der Waals surface area (Å²) in [6.07, 6.45) is 1.03. The SMILES string of the molecule is CCCOP(=[Se])(c1ccccc1)c1ccccc1. The average molecular weight is 323 g/mol. The molecular weight excluding hydrogens is 306 g/mol. The van der Waals surface area contributed by atoms with Crippen LogP contribution < -0.4 is 10.6 Å². The van der Waals surface area contributed by atoms with Crippen molar-refractivity contribution in [3.63, 3.8) is 0 Å². The summed E-state index contributed by atoms with van der Waals surface area (Å²) in [5.41, 5.74) is -1.82. The molecule has 94 valence electrons. The number of hydrogen-bond donors (Lipinski definition) is 0. The van der Waals surface area contributed by atoms with Gasteiger partial charge in [-0.05, 0) is 0 Å². The first kappa shape index (κ1) is 13.8.